The topological polar surface area (TPSA) is 62.7 Å². The van der Waals surface area contributed by atoms with Gasteiger partial charge in [0.1, 0.15) is 6.61 Å². The van der Waals surface area contributed by atoms with E-state index in [9.17, 15) is 9.59 Å². The fourth-order valence-corrected chi connectivity index (χ4v) is 4.04. The average Bonchev–Trinajstić information content (AvgIpc) is 3.13. The van der Waals surface area contributed by atoms with E-state index in [0.717, 1.165) is 30.2 Å². The second kappa shape index (κ2) is 5.96. The Balaban J connectivity index is 1.63. The van der Waals surface area contributed by atoms with Crippen LogP contribution in [-0.2, 0) is 20.9 Å². The molecule has 22 heavy (non-hydrogen) atoms. The van der Waals surface area contributed by atoms with Crippen molar-refractivity contribution in [2.75, 3.05) is 33.4 Å². The molecule has 0 radical (unpaired) electrons. The molecule has 1 aromatic heterocycles. The summed E-state index contributed by atoms with van der Waals surface area (Å²) in [6, 6.07) is 0. The Labute approximate surface area is 134 Å². The summed E-state index contributed by atoms with van der Waals surface area (Å²) in [4.78, 5) is 32.4. The van der Waals surface area contributed by atoms with E-state index in [1.165, 1.54) is 7.11 Å². The van der Waals surface area contributed by atoms with Crippen LogP contribution in [0.5, 0.6) is 0 Å². The lowest BCUT2D eigenvalue weighted by molar-refractivity contribution is -0.134. The number of aryl methyl sites for hydroxylation is 1. The van der Waals surface area contributed by atoms with Gasteiger partial charge in [0.2, 0.25) is 11.8 Å². The van der Waals surface area contributed by atoms with Crippen LogP contribution < -0.4 is 0 Å². The molecule has 2 aliphatic heterocycles. The lowest BCUT2D eigenvalue weighted by Gasteiger charge is -2.23. The second-order valence-electron chi connectivity index (χ2n) is 6.28. The van der Waals surface area contributed by atoms with Crippen LogP contribution >= 0.6 is 11.3 Å². The Hall–Kier alpha value is -1.47. The first-order valence-electron chi connectivity index (χ1n) is 7.47. The van der Waals surface area contributed by atoms with Crippen molar-refractivity contribution in [2.45, 2.75) is 26.3 Å². The number of nitrogens with zero attached hydrogens (tertiary/aromatic N) is 3. The van der Waals surface area contributed by atoms with Gasteiger partial charge in [-0.15, -0.1) is 11.3 Å². The minimum atomic E-state index is -0.0778. The lowest BCUT2D eigenvalue weighted by atomic mass is 9.86. The van der Waals surface area contributed by atoms with Crippen molar-refractivity contribution in [1.82, 2.24) is 14.8 Å². The molecule has 6 nitrogen and oxygen atoms in total. The lowest BCUT2D eigenvalue weighted by Crippen LogP contribution is -2.35. The smallest absolute Gasteiger partial charge is 0.248 e. The molecule has 1 aromatic rings. The van der Waals surface area contributed by atoms with Gasteiger partial charge in [-0.1, -0.05) is 0 Å². The molecule has 2 saturated heterocycles. The molecule has 0 unspecified atom stereocenters. The number of carbonyl (C=O) groups is 2. The van der Waals surface area contributed by atoms with E-state index < -0.39 is 0 Å². The van der Waals surface area contributed by atoms with Crippen LogP contribution in [0.25, 0.3) is 0 Å². The molecule has 2 amide bonds. The third-order valence-corrected chi connectivity index (χ3v) is 5.31. The Morgan fingerprint density at radius 2 is 2.32 bits per heavy atom. The van der Waals surface area contributed by atoms with Crippen LogP contribution in [-0.4, -0.2) is 59.9 Å². The van der Waals surface area contributed by atoms with Crippen molar-refractivity contribution in [3.8, 4) is 0 Å². The summed E-state index contributed by atoms with van der Waals surface area (Å²) in [5, 5.41) is 3.03. The Bertz CT molecular complexity index is 588. The number of likely N-dealkylation sites (tertiary alicyclic amines) is 2. The number of ether oxygens (including phenoxy) is 1. The summed E-state index contributed by atoms with van der Waals surface area (Å²) in [6.45, 7) is 4.77. The third-order valence-electron chi connectivity index (χ3n) is 4.48. The van der Waals surface area contributed by atoms with Gasteiger partial charge in [0.15, 0.2) is 0 Å². The summed E-state index contributed by atoms with van der Waals surface area (Å²) in [6.07, 6.45) is 1.42. The molecule has 0 saturated carbocycles. The minimum absolute atomic E-state index is 0.0143. The first-order chi connectivity index (χ1) is 10.5. The highest BCUT2D eigenvalue weighted by Crippen LogP contribution is 2.40. The highest BCUT2D eigenvalue weighted by Gasteiger charge is 2.48. The van der Waals surface area contributed by atoms with Crippen molar-refractivity contribution in [1.29, 1.82) is 0 Å². The largest absolute Gasteiger partial charge is 0.375 e. The average molecular weight is 323 g/mol. The van der Waals surface area contributed by atoms with Crippen molar-refractivity contribution in [3.63, 3.8) is 0 Å². The standard InChI is InChI=1S/C15H21N3O3S/c1-11-16-12(8-22-11)6-18-10-15(5-13(18)19)3-4-17(9-15)14(20)7-21-2/h8H,3-7,9-10H2,1-2H3/t15-/m1/s1. The summed E-state index contributed by atoms with van der Waals surface area (Å²) in [7, 11) is 1.53. The van der Waals surface area contributed by atoms with Crippen molar-refractivity contribution in [2.24, 2.45) is 5.41 Å². The third kappa shape index (κ3) is 3.01. The van der Waals surface area contributed by atoms with Gasteiger partial charge < -0.3 is 14.5 Å². The molecule has 2 fully saturated rings. The van der Waals surface area contributed by atoms with Crippen molar-refractivity contribution < 1.29 is 14.3 Å². The van der Waals surface area contributed by atoms with E-state index in [0.29, 0.717) is 19.5 Å². The number of hydrogen-bond acceptors (Lipinski definition) is 5. The summed E-state index contributed by atoms with van der Waals surface area (Å²) in [5.74, 6) is 0.187. The van der Waals surface area contributed by atoms with E-state index in [1.54, 1.807) is 11.3 Å². The van der Waals surface area contributed by atoms with Crippen LogP contribution in [0.1, 0.15) is 23.5 Å². The number of rotatable bonds is 4. The van der Waals surface area contributed by atoms with Crippen LogP contribution in [0, 0.1) is 12.3 Å². The molecule has 0 aliphatic carbocycles. The van der Waals surface area contributed by atoms with E-state index in [1.807, 2.05) is 22.1 Å². The van der Waals surface area contributed by atoms with Gasteiger partial charge in [-0.3, -0.25) is 9.59 Å². The van der Waals surface area contributed by atoms with Gasteiger partial charge >= 0.3 is 0 Å². The maximum atomic E-state index is 12.3. The molecule has 1 atom stereocenters. The minimum Gasteiger partial charge on any atom is -0.375 e. The maximum Gasteiger partial charge on any atom is 0.248 e. The molecular formula is C15H21N3O3S. The first-order valence-corrected chi connectivity index (χ1v) is 8.35. The van der Waals surface area contributed by atoms with E-state index in [-0.39, 0.29) is 23.8 Å². The van der Waals surface area contributed by atoms with Crippen molar-refractivity contribution >= 4 is 23.2 Å². The number of carbonyl (C=O) groups excluding carboxylic acids is 2. The van der Waals surface area contributed by atoms with Gasteiger partial charge in [0.05, 0.1) is 17.2 Å². The number of amides is 2. The quantitative estimate of drug-likeness (QED) is 0.831. The number of methoxy groups -OCH3 is 1. The zero-order chi connectivity index (χ0) is 15.7. The molecule has 3 heterocycles. The summed E-state index contributed by atoms with van der Waals surface area (Å²) < 4.78 is 4.92. The fourth-order valence-electron chi connectivity index (χ4n) is 3.44. The van der Waals surface area contributed by atoms with Gasteiger partial charge in [-0.25, -0.2) is 4.98 Å². The highest BCUT2D eigenvalue weighted by atomic mass is 32.1. The zero-order valence-corrected chi connectivity index (χ0v) is 13.8. The van der Waals surface area contributed by atoms with Gasteiger partial charge in [-0.2, -0.15) is 0 Å². The molecule has 1 spiro atoms. The number of aromatic nitrogens is 1. The van der Waals surface area contributed by atoms with Gasteiger partial charge in [-0.05, 0) is 13.3 Å². The van der Waals surface area contributed by atoms with E-state index >= 15 is 0 Å². The fraction of sp³-hybridized carbons (Fsp3) is 0.667. The summed E-state index contributed by atoms with van der Waals surface area (Å²) >= 11 is 1.61. The van der Waals surface area contributed by atoms with E-state index in [2.05, 4.69) is 4.98 Å². The second-order valence-corrected chi connectivity index (χ2v) is 7.34. The van der Waals surface area contributed by atoms with Crippen LogP contribution in [0.4, 0.5) is 0 Å². The molecule has 3 rings (SSSR count). The van der Waals surface area contributed by atoms with Crippen LogP contribution in [0.15, 0.2) is 5.38 Å². The highest BCUT2D eigenvalue weighted by molar-refractivity contribution is 7.09. The Morgan fingerprint density at radius 3 is 3.00 bits per heavy atom. The number of hydrogen-bond donors (Lipinski definition) is 0. The molecule has 0 bridgehead atoms. The molecule has 2 aliphatic rings. The van der Waals surface area contributed by atoms with Crippen LogP contribution in [0.2, 0.25) is 0 Å². The predicted molar refractivity (Wildman–Crippen MR) is 82.4 cm³/mol. The molecule has 7 heteroatoms. The molecule has 0 aromatic carbocycles. The summed E-state index contributed by atoms with van der Waals surface area (Å²) in [5.41, 5.74) is 0.879. The van der Waals surface area contributed by atoms with Gasteiger partial charge in [0, 0.05) is 44.0 Å². The maximum absolute atomic E-state index is 12.3. The molecular weight excluding hydrogens is 302 g/mol. The van der Waals surface area contributed by atoms with E-state index in [4.69, 9.17) is 4.74 Å². The Morgan fingerprint density at radius 1 is 1.50 bits per heavy atom. The van der Waals surface area contributed by atoms with Crippen molar-refractivity contribution in [3.05, 3.63) is 16.1 Å². The predicted octanol–water partition coefficient (Wildman–Crippen LogP) is 1.05. The SMILES string of the molecule is COCC(=O)N1CC[C@@]2(CC(=O)N(Cc3csc(C)n3)C2)C1. The number of thiazole rings is 1. The Kier molecular flexibility index (Phi) is 4.18. The van der Waals surface area contributed by atoms with Gasteiger partial charge in [0.25, 0.3) is 0 Å². The molecule has 120 valence electrons. The molecule has 0 N–H and O–H groups in total. The first kappa shape index (κ1) is 15.4. The van der Waals surface area contributed by atoms with Crippen LogP contribution in [0.3, 0.4) is 0 Å². The zero-order valence-electron chi connectivity index (χ0n) is 13.0. The normalized spacial score (nSPS) is 24.7. The monoisotopic (exact) mass is 323 g/mol.